The van der Waals surface area contributed by atoms with E-state index in [1.165, 1.54) is 4.70 Å². The van der Waals surface area contributed by atoms with E-state index in [2.05, 4.69) is 41.4 Å². The van der Waals surface area contributed by atoms with Crippen LogP contribution in [0.1, 0.15) is 51.2 Å². The Morgan fingerprint density at radius 2 is 1.81 bits per heavy atom. The van der Waals surface area contributed by atoms with Crippen molar-refractivity contribution in [2.24, 2.45) is 5.92 Å². The SMILES string of the molecule is CC#Cc1ccc2sc3ccc([C@]4(C)CS(=O)(=O)[C@@](C)(CC5CC5)C(=N)N4)cc3c2c1. The van der Waals surface area contributed by atoms with Crippen LogP contribution in [0.15, 0.2) is 36.4 Å². The Kier molecular flexibility index (Phi) is 4.52. The molecule has 2 aromatic carbocycles. The maximum Gasteiger partial charge on any atom is 0.165 e. The summed E-state index contributed by atoms with van der Waals surface area (Å²) in [4.78, 5) is 0. The van der Waals surface area contributed by atoms with Crippen LogP contribution < -0.4 is 5.32 Å². The minimum atomic E-state index is -3.48. The number of hydrogen-bond acceptors (Lipinski definition) is 4. The van der Waals surface area contributed by atoms with E-state index in [4.69, 9.17) is 5.41 Å². The van der Waals surface area contributed by atoms with Gasteiger partial charge in [0.05, 0.1) is 11.3 Å². The van der Waals surface area contributed by atoms with Gasteiger partial charge in [0.2, 0.25) is 0 Å². The Morgan fingerprint density at radius 3 is 2.45 bits per heavy atom. The summed E-state index contributed by atoms with van der Waals surface area (Å²) < 4.78 is 28.1. The highest BCUT2D eigenvalue weighted by molar-refractivity contribution is 7.93. The second-order valence-electron chi connectivity index (χ2n) is 9.37. The van der Waals surface area contributed by atoms with Crippen molar-refractivity contribution in [3.05, 3.63) is 47.5 Å². The summed E-state index contributed by atoms with van der Waals surface area (Å²) in [5.41, 5.74) is 1.04. The maximum absolute atomic E-state index is 13.4. The molecule has 1 aromatic heterocycles. The number of fused-ring (bicyclic) bond motifs is 3. The number of thiophene rings is 1. The minimum Gasteiger partial charge on any atom is -0.362 e. The lowest BCUT2D eigenvalue weighted by molar-refractivity contribution is 0.427. The Bertz CT molecular complexity index is 1410. The summed E-state index contributed by atoms with van der Waals surface area (Å²) in [7, 11) is -3.48. The average Bonchev–Trinajstić information content (AvgIpc) is 3.44. The van der Waals surface area contributed by atoms with Crippen molar-refractivity contribution in [1.29, 1.82) is 5.41 Å². The zero-order valence-electron chi connectivity index (χ0n) is 18.0. The van der Waals surface area contributed by atoms with E-state index < -0.39 is 20.1 Å². The van der Waals surface area contributed by atoms with Gasteiger partial charge >= 0.3 is 0 Å². The number of rotatable bonds is 3. The Labute approximate surface area is 187 Å². The normalized spacial score (nSPS) is 27.6. The van der Waals surface area contributed by atoms with Crippen LogP contribution in [0, 0.1) is 23.2 Å². The zero-order valence-corrected chi connectivity index (χ0v) is 19.6. The topological polar surface area (TPSA) is 70.0 Å². The lowest BCUT2D eigenvalue weighted by Gasteiger charge is -2.45. The van der Waals surface area contributed by atoms with Gasteiger partial charge in [-0.15, -0.1) is 17.3 Å². The molecule has 0 spiro atoms. The van der Waals surface area contributed by atoms with E-state index in [1.54, 1.807) is 18.3 Å². The molecule has 5 rings (SSSR count). The number of nitrogens with one attached hydrogen (secondary N) is 2. The van der Waals surface area contributed by atoms with E-state index >= 15 is 0 Å². The zero-order chi connectivity index (χ0) is 22.0. The van der Waals surface area contributed by atoms with Crippen molar-refractivity contribution in [1.82, 2.24) is 5.32 Å². The third kappa shape index (κ3) is 3.26. The number of benzene rings is 2. The number of hydrogen-bond donors (Lipinski definition) is 2. The molecule has 1 saturated heterocycles. The van der Waals surface area contributed by atoms with Gasteiger partial charge < -0.3 is 5.32 Å². The molecule has 1 aliphatic carbocycles. The summed E-state index contributed by atoms with van der Waals surface area (Å²) in [6.07, 6.45) is 2.69. The molecule has 0 radical (unpaired) electrons. The summed E-state index contributed by atoms with van der Waals surface area (Å²) in [5, 5.41) is 14.2. The largest absolute Gasteiger partial charge is 0.362 e. The molecule has 0 bridgehead atoms. The first-order chi connectivity index (χ1) is 14.6. The molecule has 1 saturated carbocycles. The van der Waals surface area contributed by atoms with Gasteiger partial charge in [-0.1, -0.05) is 24.8 Å². The molecule has 6 heteroatoms. The summed E-state index contributed by atoms with van der Waals surface area (Å²) >= 11 is 1.73. The molecule has 2 fully saturated rings. The molecule has 4 nitrogen and oxygen atoms in total. The number of amidine groups is 1. The number of sulfone groups is 1. The van der Waals surface area contributed by atoms with E-state index in [1.807, 2.05) is 26.0 Å². The minimum absolute atomic E-state index is 0.00820. The second-order valence-corrected chi connectivity index (χ2v) is 12.9. The molecule has 0 unspecified atom stereocenters. The van der Waals surface area contributed by atoms with Gasteiger partial charge in [-0.3, -0.25) is 5.41 Å². The fourth-order valence-corrected chi connectivity index (χ4v) is 7.97. The molecule has 160 valence electrons. The Morgan fingerprint density at radius 1 is 1.13 bits per heavy atom. The third-order valence-corrected chi connectivity index (χ3v) is 10.7. The third-order valence-electron chi connectivity index (χ3n) is 6.85. The van der Waals surface area contributed by atoms with Crippen LogP contribution >= 0.6 is 11.3 Å². The molecule has 2 aliphatic rings. The smallest absolute Gasteiger partial charge is 0.165 e. The lowest BCUT2D eigenvalue weighted by atomic mass is 9.90. The van der Waals surface area contributed by atoms with Crippen LogP contribution in [0.2, 0.25) is 0 Å². The van der Waals surface area contributed by atoms with Crippen LogP contribution in [0.5, 0.6) is 0 Å². The van der Waals surface area contributed by atoms with Gasteiger partial charge in [-0.2, -0.15) is 0 Å². The molecule has 3 aromatic rings. The second kappa shape index (κ2) is 6.82. The maximum atomic E-state index is 13.4. The van der Waals surface area contributed by atoms with Crippen LogP contribution in [-0.2, 0) is 15.4 Å². The summed E-state index contributed by atoms with van der Waals surface area (Å²) in [6.45, 7) is 5.46. The first-order valence-corrected chi connectivity index (χ1v) is 13.1. The van der Waals surface area contributed by atoms with Gasteiger partial charge in [0.1, 0.15) is 10.6 Å². The molecule has 31 heavy (non-hydrogen) atoms. The van der Waals surface area contributed by atoms with E-state index in [-0.39, 0.29) is 11.6 Å². The van der Waals surface area contributed by atoms with Crippen LogP contribution in [0.3, 0.4) is 0 Å². The lowest BCUT2D eigenvalue weighted by Crippen LogP contribution is -2.65. The molecule has 2 atom stereocenters. The predicted molar refractivity (Wildman–Crippen MR) is 130 cm³/mol. The molecule has 1 aliphatic heterocycles. The highest BCUT2D eigenvalue weighted by atomic mass is 32.2. The van der Waals surface area contributed by atoms with Crippen LogP contribution in [0.4, 0.5) is 0 Å². The van der Waals surface area contributed by atoms with Crippen molar-refractivity contribution in [3.8, 4) is 11.8 Å². The molecular weight excluding hydrogens is 424 g/mol. The van der Waals surface area contributed by atoms with Crippen molar-refractivity contribution in [2.45, 2.75) is 50.3 Å². The van der Waals surface area contributed by atoms with Gasteiger partial charge in [0, 0.05) is 25.7 Å². The van der Waals surface area contributed by atoms with Crippen LogP contribution in [0.25, 0.3) is 20.2 Å². The predicted octanol–water partition coefficient (Wildman–Crippen LogP) is 5.20. The fraction of sp³-hybridized carbons (Fsp3) is 0.400. The monoisotopic (exact) mass is 450 g/mol. The van der Waals surface area contributed by atoms with E-state index in [0.717, 1.165) is 39.4 Å². The molecule has 0 amide bonds. The van der Waals surface area contributed by atoms with Crippen molar-refractivity contribution in [3.63, 3.8) is 0 Å². The Hall–Kier alpha value is -2.36. The van der Waals surface area contributed by atoms with Gasteiger partial charge in [-0.05, 0) is 69.0 Å². The van der Waals surface area contributed by atoms with Gasteiger partial charge in [0.25, 0.3) is 0 Å². The van der Waals surface area contributed by atoms with Crippen LogP contribution in [-0.4, -0.2) is 24.8 Å². The summed E-state index contributed by atoms with van der Waals surface area (Å²) in [5.74, 6) is 6.62. The van der Waals surface area contributed by atoms with Crippen molar-refractivity contribution in [2.75, 3.05) is 5.75 Å². The average molecular weight is 451 g/mol. The van der Waals surface area contributed by atoms with E-state index in [0.29, 0.717) is 12.3 Å². The van der Waals surface area contributed by atoms with Gasteiger partial charge in [-0.25, -0.2) is 8.42 Å². The highest BCUT2D eigenvalue weighted by Gasteiger charge is 2.54. The quantitative estimate of drug-likeness (QED) is 0.539. The summed E-state index contributed by atoms with van der Waals surface area (Å²) in [6, 6.07) is 12.4. The van der Waals surface area contributed by atoms with E-state index in [9.17, 15) is 8.42 Å². The molecular formula is C25H26N2O2S2. The highest BCUT2D eigenvalue weighted by Crippen LogP contribution is 2.44. The first kappa shape index (κ1) is 20.5. The molecule has 2 N–H and O–H groups in total. The first-order valence-electron chi connectivity index (χ1n) is 10.6. The standard InChI is InChI=1S/C25H26N2O2S2/c1-4-5-16-8-10-21-19(12-16)20-13-18(9-11-22(20)30-21)24(2)15-31(28,29)25(3,23(26)27-24)14-17-6-7-17/h8-13,17H,6-7,14-15H2,1-3H3,(H2,26,27)/t24-,25-/m0/s1. The fourth-order valence-electron chi connectivity index (χ4n) is 4.74. The van der Waals surface area contributed by atoms with Crippen molar-refractivity contribution < 1.29 is 8.42 Å². The van der Waals surface area contributed by atoms with Gasteiger partial charge in [0.15, 0.2) is 9.84 Å². The Balaban J connectivity index is 1.59. The van der Waals surface area contributed by atoms with Crippen molar-refractivity contribution >= 4 is 47.2 Å². The molecule has 2 heterocycles.